The molecule has 2 saturated heterocycles. The number of amides is 3. The quantitative estimate of drug-likeness (QED) is 0.466. The van der Waals surface area contributed by atoms with Crippen LogP contribution in [0.25, 0.3) is 0 Å². The molecule has 2 atom stereocenters. The van der Waals surface area contributed by atoms with E-state index in [1.54, 1.807) is 10.2 Å². The Kier molecular flexibility index (Phi) is 7.06. The zero-order valence-corrected chi connectivity index (χ0v) is 17.2. The molecule has 0 bridgehead atoms. The van der Waals surface area contributed by atoms with Crippen molar-refractivity contribution < 1.29 is 36.7 Å². The van der Waals surface area contributed by atoms with Crippen molar-refractivity contribution in [3.8, 4) is 0 Å². The molecule has 0 saturated carbocycles. The van der Waals surface area contributed by atoms with Crippen LogP contribution in [0, 0.1) is 5.82 Å². The van der Waals surface area contributed by atoms with Gasteiger partial charge in [-0.3, -0.25) is 19.4 Å². The van der Waals surface area contributed by atoms with Gasteiger partial charge < -0.3 is 20.3 Å². The molecule has 0 spiro atoms. The van der Waals surface area contributed by atoms with E-state index >= 15 is 0 Å². The first-order valence-electron chi connectivity index (χ1n) is 9.87. The fourth-order valence-corrected chi connectivity index (χ4v) is 3.71. The van der Waals surface area contributed by atoms with Crippen LogP contribution in [0.5, 0.6) is 0 Å². The minimum atomic E-state index is -4.63. The van der Waals surface area contributed by atoms with Crippen LogP contribution in [0.15, 0.2) is 18.2 Å². The summed E-state index contributed by atoms with van der Waals surface area (Å²) in [5.41, 5.74) is 0.468. The number of alkyl halides is 3. The summed E-state index contributed by atoms with van der Waals surface area (Å²) < 4.78 is 59.3. The predicted octanol–water partition coefficient (Wildman–Crippen LogP) is 1.04. The highest BCUT2D eigenvalue weighted by Crippen LogP contribution is 2.30. The first-order valence-corrected chi connectivity index (χ1v) is 9.87. The predicted molar refractivity (Wildman–Crippen MR) is 106 cm³/mol. The molecule has 0 aliphatic carbocycles. The Bertz CT molecular complexity index is 861. The summed E-state index contributed by atoms with van der Waals surface area (Å²) in [4.78, 5) is 37.6. The average Bonchev–Trinajstić information content (AvgIpc) is 3.10. The standard InChI is InChI=1S/C19H23F4N5O4/c1-12(30)24-9-14-10-28(18(31)32-14)13-2-3-16(15(20)8-13)26-4-6-27(7-5-26)17(25-11-29)19(21,22)23/h2-3,8,11,14,17H,4-7,9-10H2,1H3,(H,24,30)(H,25,29)/t14-,17?/m0/s1. The lowest BCUT2D eigenvalue weighted by Gasteiger charge is -2.40. The van der Waals surface area contributed by atoms with Crippen LogP contribution in [-0.4, -0.2) is 81.0 Å². The molecule has 2 heterocycles. The second-order valence-corrected chi connectivity index (χ2v) is 7.44. The number of carbonyl (C=O) groups is 3. The molecule has 3 rings (SSSR count). The Labute approximate surface area is 181 Å². The zero-order chi connectivity index (χ0) is 23.5. The van der Waals surface area contributed by atoms with Gasteiger partial charge in [0.25, 0.3) is 0 Å². The van der Waals surface area contributed by atoms with E-state index in [9.17, 15) is 31.9 Å². The molecule has 0 radical (unpaired) electrons. The number of carbonyl (C=O) groups excluding carboxylic acids is 3. The minimum absolute atomic E-state index is 0.00696. The number of ether oxygens (including phenoxy) is 1. The van der Waals surface area contributed by atoms with Gasteiger partial charge in [0, 0.05) is 33.1 Å². The monoisotopic (exact) mass is 461 g/mol. The van der Waals surface area contributed by atoms with Crippen LogP contribution in [0.4, 0.5) is 33.7 Å². The van der Waals surface area contributed by atoms with E-state index in [1.165, 1.54) is 24.0 Å². The molecular weight excluding hydrogens is 438 g/mol. The van der Waals surface area contributed by atoms with Crippen molar-refractivity contribution in [1.29, 1.82) is 0 Å². The van der Waals surface area contributed by atoms with E-state index < -0.39 is 30.4 Å². The summed E-state index contributed by atoms with van der Waals surface area (Å²) in [5, 5.41) is 4.33. The maximum absolute atomic E-state index is 14.8. The van der Waals surface area contributed by atoms with Crippen LogP contribution in [0.3, 0.4) is 0 Å². The zero-order valence-electron chi connectivity index (χ0n) is 17.2. The van der Waals surface area contributed by atoms with E-state index in [0.29, 0.717) is 0 Å². The van der Waals surface area contributed by atoms with Crippen molar-refractivity contribution in [2.75, 3.05) is 49.1 Å². The van der Waals surface area contributed by atoms with Crippen molar-refractivity contribution in [1.82, 2.24) is 15.5 Å². The second kappa shape index (κ2) is 9.59. The van der Waals surface area contributed by atoms with Crippen molar-refractivity contribution >= 4 is 29.8 Å². The number of hydrogen-bond donors (Lipinski definition) is 2. The fourth-order valence-electron chi connectivity index (χ4n) is 3.71. The van der Waals surface area contributed by atoms with Gasteiger partial charge in [-0.15, -0.1) is 0 Å². The number of cyclic esters (lactones) is 1. The van der Waals surface area contributed by atoms with Gasteiger partial charge in [0.05, 0.1) is 24.5 Å². The smallest absolute Gasteiger partial charge is 0.422 e. The van der Waals surface area contributed by atoms with E-state index in [0.717, 1.165) is 11.0 Å². The van der Waals surface area contributed by atoms with Crippen molar-refractivity contribution in [2.24, 2.45) is 0 Å². The molecule has 2 fully saturated rings. The van der Waals surface area contributed by atoms with Gasteiger partial charge in [-0.1, -0.05) is 0 Å². The second-order valence-electron chi connectivity index (χ2n) is 7.44. The van der Waals surface area contributed by atoms with Crippen LogP contribution in [0.2, 0.25) is 0 Å². The largest absolute Gasteiger partial charge is 0.442 e. The lowest BCUT2D eigenvalue weighted by Crippen LogP contribution is -2.60. The number of piperazine rings is 1. The molecule has 9 nitrogen and oxygen atoms in total. The summed E-state index contributed by atoms with van der Waals surface area (Å²) in [7, 11) is 0. The number of anilines is 2. The van der Waals surface area contributed by atoms with Gasteiger partial charge in [0.2, 0.25) is 12.3 Å². The third-order valence-electron chi connectivity index (χ3n) is 5.25. The maximum atomic E-state index is 14.8. The van der Waals surface area contributed by atoms with Gasteiger partial charge in [0.15, 0.2) is 6.17 Å². The SMILES string of the molecule is CC(=O)NC[C@H]1CN(c2ccc(N3CCN(C(NC=O)C(F)(F)F)CC3)c(F)c2)C(=O)O1. The molecule has 2 aliphatic rings. The van der Waals surface area contributed by atoms with E-state index in [1.807, 2.05) is 0 Å². The average molecular weight is 461 g/mol. The van der Waals surface area contributed by atoms with Gasteiger partial charge in [-0.05, 0) is 18.2 Å². The van der Waals surface area contributed by atoms with E-state index in [2.05, 4.69) is 5.32 Å². The lowest BCUT2D eigenvalue weighted by molar-refractivity contribution is -0.193. The number of hydrogen-bond acceptors (Lipinski definition) is 6. The van der Waals surface area contributed by atoms with Gasteiger partial charge in [-0.25, -0.2) is 9.18 Å². The molecule has 1 aromatic rings. The van der Waals surface area contributed by atoms with Gasteiger partial charge >= 0.3 is 12.3 Å². The summed E-state index contributed by atoms with van der Waals surface area (Å²) in [6.45, 7) is 1.79. The van der Waals surface area contributed by atoms with Crippen molar-refractivity contribution in [3.63, 3.8) is 0 Å². The third-order valence-corrected chi connectivity index (χ3v) is 5.25. The third kappa shape index (κ3) is 5.39. The Hall–Kier alpha value is -3.09. The molecule has 1 aromatic carbocycles. The lowest BCUT2D eigenvalue weighted by atomic mass is 10.2. The molecular formula is C19H23F4N5O4. The molecule has 176 valence electrons. The molecule has 1 unspecified atom stereocenters. The normalized spacial score (nSPS) is 20.7. The Morgan fingerprint density at radius 1 is 1.28 bits per heavy atom. The molecule has 0 aromatic heterocycles. The summed E-state index contributed by atoms with van der Waals surface area (Å²) >= 11 is 0. The maximum Gasteiger partial charge on any atom is 0.422 e. The Morgan fingerprint density at radius 3 is 2.53 bits per heavy atom. The molecule has 2 N–H and O–H groups in total. The summed E-state index contributed by atoms with van der Waals surface area (Å²) in [6, 6.07) is 4.15. The molecule has 13 heteroatoms. The Balaban J connectivity index is 1.63. The van der Waals surface area contributed by atoms with Gasteiger partial charge in [0.1, 0.15) is 11.9 Å². The number of nitrogens with zero attached hydrogens (tertiary/aromatic N) is 3. The summed E-state index contributed by atoms with van der Waals surface area (Å²) in [6.07, 6.45) is -7.95. The first kappa shape index (κ1) is 23.6. The first-order chi connectivity index (χ1) is 15.1. The summed E-state index contributed by atoms with van der Waals surface area (Å²) in [5.74, 6) is -0.897. The highest BCUT2D eigenvalue weighted by atomic mass is 19.4. The highest BCUT2D eigenvalue weighted by molar-refractivity contribution is 5.90. The Morgan fingerprint density at radius 2 is 1.97 bits per heavy atom. The fraction of sp³-hybridized carbons (Fsp3) is 0.526. The van der Waals surface area contributed by atoms with Crippen molar-refractivity contribution in [3.05, 3.63) is 24.0 Å². The molecule has 32 heavy (non-hydrogen) atoms. The van der Waals surface area contributed by atoms with E-state index in [4.69, 9.17) is 4.74 Å². The minimum Gasteiger partial charge on any atom is -0.442 e. The number of benzene rings is 1. The number of rotatable bonds is 7. The molecule has 2 aliphatic heterocycles. The van der Waals surface area contributed by atoms with Crippen LogP contribution in [0.1, 0.15) is 6.92 Å². The van der Waals surface area contributed by atoms with Gasteiger partial charge in [-0.2, -0.15) is 13.2 Å². The van der Waals surface area contributed by atoms with Crippen molar-refractivity contribution in [2.45, 2.75) is 25.4 Å². The van der Waals surface area contributed by atoms with Crippen LogP contribution in [-0.2, 0) is 14.3 Å². The highest BCUT2D eigenvalue weighted by Gasteiger charge is 2.44. The van der Waals surface area contributed by atoms with Crippen LogP contribution >= 0.6 is 0 Å². The number of halogens is 4. The van der Waals surface area contributed by atoms with E-state index in [-0.39, 0.29) is 63.0 Å². The van der Waals surface area contributed by atoms with Crippen LogP contribution < -0.4 is 20.4 Å². The topological polar surface area (TPSA) is 94.2 Å². The molecule has 3 amide bonds. The number of nitrogens with one attached hydrogen (secondary N) is 2.